The molecule has 0 spiro atoms. The Bertz CT molecular complexity index is 4030. The van der Waals surface area contributed by atoms with E-state index in [0.29, 0.717) is 5.95 Å². The molecule has 3 atom stereocenters. The summed E-state index contributed by atoms with van der Waals surface area (Å²) in [5.41, 5.74) is 15.6. The number of allylic oxidation sites excluding steroid dienone is 3. The SMILES string of the molecule is CC1CC=Cc2c1n(-c1nc(-c3ccccc3)c3ccc4ccccc4c3n1)c1ccc(C3=CC4c5cc6ccc7sc8ccccc8c7c6cc5N5c6ccccc6C(=C3)C45C)cc21. The first kappa shape index (κ1) is 35.8. The van der Waals surface area contributed by atoms with E-state index in [-0.39, 0.29) is 17.4 Å². The zero-order valence-corrected chi connectivity index (χ0v) is 36.7. The van der Waals surface area contributed by atoms with Crippen molar-refractivity contribution in [3.05, 3.63) is 204 Å². The lowest BCUT2D eigenvalue weighted by molar-refractivity contribution is 0.577. The molecule has 8 aromatic carbocycles. The van der Waals surface area contributed by atoms with Gasteiger partial charge in [-0.15, -0.1) is 11.3 Å². The van der Waals surface area contributed by atoms with Crippen LogP contribution in [0.2, 0.25) is 0 Å². The second kappa shape index (κ2) is 12.8. The number of fused-ring (bicyclic) bond motifs is 17. The van der Waals surface area contributed by atoms with Gasteiger partial charge in [-0.3, -0.25) is 4.57 Å². The molecule has 3 aromatic heterocycles. The van der Waals surface area contributed by atoms with Crippen LogP contribution in [0, 0.1) is 0 Å². The molecule has 4 aliphatic rings. The summed E-state index contributed by atoms with van der Waals surface area (Å²) in [4.78, 5) is 13.7. The summed E-state index contributed by atoms with van der Waals surface area (Å²) in [5, 5.41) is 9.96. The second-order valence-corrected chi connectivity index (χ2v) is 19.7. The van der Waals surface area contributed by atoms with Crippen LogP contribution in [0.4, 0.5) is 11.4 Å². The average molecular weight is 849 g/mol. The summed E-state index contributed by atoms with van der Waals surface area (Å²) < 4.78 is 5.06. The molecule has 4 nitrogen and oxygen atoms in total. The second-order valence-electron chi connectivity index (χ2n) is 18.7. The summed E-state index contributed by atoms with van der Waals surface area (Å²) in [6, 6.07) is 58.3. The van der Waals surface area contributed by atoms with E-state index in [2.05, 4.69) is 205 Å². The Morgan fingerprint density at radius 3 is 2.38 bits per heavy atom. The molecule has 306 valence electrons. The fourth-order valence-corrected chi connectivity index (χ4v) is 13.4. The van der Waals surface area contributed by atoms with Gasteiger partial charge in [-0.2, -0.15) is 0 Å². The minimum Gasteiger partial charge on any atom is -0.330 e. The topological polar surface area (TPSA) is 34.0 Å². The van der Waals surface area contributed by atoms with E-state index in [1.807, 2.05) is 11.3 Å². The predicted molar refractivity (Wildman–Crippen MR) is 274 cm³/mol. The number of para-hydroxylation sites is 1. The fourth-order valence-electron chi connectivity index (χ4n) is 12.3. The van der Waals surface area contributed by atoms with Gasteiger partial charge in [-0.25, -0.2) is 9.97 Å². The number of aromatic nitrogens is 3. The van der Waals surface area contributed by atoms with Crippen LogP contribution in [0.1, 0.15) is 60.1 Å². The Labute approximate surface area is 379 Å². The highest BCUT2D eigenvalue weighted by atomic mass is 32.1. The first-order valence-corrected chi connectivity index (χ1v) is 23.6. The maximum Gasteiger partial charge on any atom is 0.235 e. The Morgan fingerprint density at radius 1 is 0.646 bits per heavy atom. The van der Waals surface area contributed by atoms with Gasteiger partial charge in [0.1, 0.15) is 0 Å². The van der Waals surface area contributed by atoms with Crippen molar-refractivity contribution in [2.24, 2.45) is 0 Å². The van der Waals surface area contributed by atoms with Crippen LogP contribution in [-0.2, 0) is 0 Å². The highest BCUT2D eigenvalue weighted by Crippen LogP contribution is 2.66. The Morgan fingerprint density at radius 2 is 1.46 bits per heavy atom. The monoisotopic (exact) mass is 848 g/mol. The van der Waals surface area contributed by atoms with Crippen LogP contribution in [0.3, 0.4) is 0 Å². The average Bonchev–Trinajstić information content (AvgIpc) is 4.05. The van der Waals surface area contributed by atoms with E-state index in [0.717, 1.165) is 39.5 Å². The number of benzene rings is 8. The Kier molecular flexibility index (Phi) is 7.04. The molecule has 15 rings (SSSR count). The number of thiophene rings is 1. The summed E-state index contributed by atoms with van der Waals surface area (Å²) in [5.74, 6) is 1.16. The van der Waals surface area contributed by atoms with Crippen molar-refractivity contribution in [2.45, 2.75) is 37.6 Å². The third-order valence-corrected chi connectivity index (χ3v) is 16.4. The molecule has 65 heavy (non-hydrogen) atoms. The Hall–Kier alpha value is -7.60. The van der Waals surface area contributed by atoms with Crippen molar-refractivity contribution in [3.8, 4) is 17.2 Å². The van der Waals surface area contributed by atoms with Gasteiger partial charge in [0.15, 0.2) is 0 Å². The Balaban J connectivity index is 0.949. The van der Waals surface area contributed by atoms with Crippen LogP contribution in [0.15, 0.2) is 176 Å². The zero-order chi connectivity index (χ0) is 42.7. The van der Waals surface area contributed by atoms with E-state index in [1.165, 1.54) is 92.2 Å². The number of hydrogen-bond acceptors (Lipinski definition) is 4. The van der Waals surface area contributed by atoms with Gasteiger partial charge in [-0.1, -0.05) is 134 Å². The molecule has 0 bridgehead atoms. The third-order valence-electron chi connectivity index (χ3n) is 15.2. The molecule has 2 aliphatic carbocycles. The molecule has 2 aliphatic heterocycles. The van der Waals surface area contributed by atoms with Crippen LogP contribution in [-0.4, -0.2) is 20.1 Å². The molecule has 0 saturated heterocycles. The molecule has 0 saturated carbocycles. The summed E-state index contributed by atoms with van der Waals surface area (Å²) >= 11 is 1.89. The lowest BCUT2D eigenvalue weighted by atomic mass is 9.72. The number of anilines is 2. The molecule has 3 unspecified atom stereocenters. The van der Waals surface area contributed by atoms with Gasteiger partial charge >= 0.3 is 0 Å². The van der Waals surface area contributed by atoms with Gasteiger partial charge in [0.05, 0.1) is 22.3 Å². The lowest BCUT2D eigenvalue weighted by Gasteiger charge is -2.38. The van der Waals surface area contributed by atoms with Crippen LogP contribution in [0.25, 0.3) is 98.0 Å². The summed E-state index contributed by atoms with van der Waals surface area (Å²) in [6.45, 7) is 4.82. The summed E-state index contributed by atoms with van der Waals surface area (Å²) in [7, 11) is 0. The van der Waals surface area contributed by atoms with E-state index < -0.39 is 0 Å². The largest absolute Gasteiger partial charge is 0.330 e. The van der Waals surface area contributed by atoms with Gasteiger partial charge in [0, 0.05) is 81.9 Å². The summed E-state index contributed by atoms with van der Waals surface area (Å²) in [6.07, 6.45) is 10.7. The van der Waals surface area contributed by atoms with E-state index >= 15 is 0 Å². The lowest BCUT2D eigenvalue weighted by Crippen LogP contribution is -2.40. The molecule has 0 amide bonds. The van der Waals surface area contributed by atoms with Crippen molar-refractivity contribution >= 4 is 103 Å². The molecule has 0 radical (unpaired) electrons. The van der Waals surface area contributed by atoms with E-state index in [1.54, 1.807) is 0 Å². The van der Waals surface area contributed by atoms with Gasteiger partial charge in [0.25, 0.3) is 0 Å². The van der Waals surface area contributed by atoms with Crippen molar-refractivity contribution in [3.63, 3.8) is 0 Å². The van der Waals surface area contributed by atoms with Gasteiger partial charge in [-0.05, 0) is 106 Å². The fraction of sp³-hybridized carbons (Fsp3) is 0.100. The number of rotatable bonds is 3. The molecule has 5 heteroatoms. The van der Waals surface area contributed by atoms with Gasteiger partial charge in [0.2, 0.25) is 5.95 Å². The smallest absolute Gasteiger partial charge is 0.235 e. The number of nitrogens with zero attached hydrogens (tertiary/aromatic N) is 4. The quantitative estimate of drug-likeness (QED) is 0.166. The third kappa shape index (κ3) is 4.70. The first-order valence-electron chi connectivity index (χ1n) is 22.8. The van der Waals surface area contributed by atoms with Crippen molar-refractivity contribution in [2.75, 3.05) is 4.90 Å². The van der Waals surface area contributed by atoms with Crippen LogP contribution < -0.4 is 4.90 Å². The highest BCUT2D eigenvalue weighted by Gasteiger charge is 2.56. The standard InChI is InChI=1S/C60H40N4S/c1-34-13-12-20-41-46-29-37(24-27-50(46)63(58(34)41)59-61-56(36-15-4-3-5-16-36)44-26-23-35-14-6-7-17-40(35)57(44)62-59)39-31-48-42-18-8-10-21-51(42)64-52-33-45-38(30-47(52)49(32-39)60(48,64)2)25-28-54-55(45)43-19-9-11-22-53(43)65-54/h3-12,14-34,49H,13H2,1-2H3. The van der Waals surface area contributed by atoms with Crippen molar-refractivity contribution in [1.82, 2.24) is 14.5 Å². The van der Waals surface area contributed by atoms with Gasteiger partial charge < -0.3 is 4.90 Å². The number of hydrogen-bond donors (Lipinski definition) is 0. The molecule has 0 fully saturated rings. The molecular formula is C60H40N4S. The molecule has 0 N–H and O–H groups in total. The molecular weight excluding hydrogens is 809 g/mol. The van der Waals surface area contributed by atoms with Crippen LogP contribution in [0.5, 0.6) is 0 Å². The van der Waals surface area contributed by atoms with E-state index in [4.69, 9.17) is 9.97 Å². The predicted octanol–water partition coefficient (Wildman–Crippen LogP) is 15.9. The molecule has 11 aromatic rings. The molecule has 5 heterocycles. The minimum atomic E-state index is -0.248. The maximum absolute atomic E-state index is 5.50. The normalized spacial score (nSPS) is 19.3. The zero-order valence-electron chi connectivity index (χ0n) is 35.9. The van der Waals surface area contributed by atoms with Crippen molar-refractivity contribution in [1.29, 1.82) is 0 Å². The first-order chi connectivity index (χ1) is 32.0. The van der Waals surface area contributed by atoms with Crippen LogP contribution >= 0.6 is 11.3 Å². The van der Waals surface area contributed by atoms with E-state index in [9.17, 15) is 0 Å². The highest BCUT2D eigenvalue weighted by molar-refractivity contribution is 7.26. The minimum absolute atomic E-state index is 0.158. The van der Waals surface area contributed by atoms with Crippen molar-refractivity contribution < 1.29 is 0 Å². The maximum atomic E-state index is 5.50.